The highest BCUT2D eigenvalue weighted by molar-refractivity contribution is 4.56. The van der Waals surface area contributed by atoms with Gasteiger partial charge in [-0.15, -0.1) is 0 Å². The molecule has 0 unspecified atom stereocenters. The van der Waals surface area contributed by atoms with Gasteiger partial charge in [-0.2, -0.15) is 0 Å². The maximum Gasteiger partial charge on any atom is -0.00218 e. The third-order valence-corrected chi connectivity index (χ3v) is 5.62. The molecule has 0 aromatic rings. The molecule has 0 bridgehead atoms. The van der Waals surface area contributed by atoms with Crippen molar-refractivity contribution in [2.24, 2.45) is 0 Å². The molecular formula is C24H52N2. The molecule has 2 nitrogen and oxygen atoms in total. The molecule has 0 amide bonds. The number of nitrogens with zero attached hydrogens (tertiary/aromatic N) is 2. The smallest absolute Gasteiger partial charge is 0.00218 e. The maximum atomic E-state index is 2.55. The Kier molecular flexibility index (Phi) is 21.2. The lowest BCUT2D eigenvalue weighted by molar-refractivity contribution is 0.301. The van der Waals surface area contributed by atoms with E-state index in [0.29, 0.717) is 0 Å². The average molecular weight is 369 g/mol. The summed E-state index contributed by atoms with van der Waals surface area (Å²) < 4.78 is 0. The third kappa shape index (κ3) is 20.2. The first-order valence-electron chi connectivity index (χ1n) is 12.1. The monoisotopic (exact) mass is 368 g/mol. The average Bonchev–Trinajstić information content (AvgIpc) is 2.63. The van der Waals surface area contributed by atoms with E-state index in [1.54, 1.807) is 0 Å². The van der Waals surface area contributed by atoms with Crippen LogP contribution in [0.15, 0.2) is 0 Å². The molecule has 0 fully saturated rings. The molecule has 0 heterocycles. The fourth-order valence-corrected chi connectivity index (χ4v) is 3.66. The fourth-order valence-electron chi connectivity index (χ4n) is 3.66. The molecule has 0 saturated carbocycles. The molecule has 0 saturated heterocycles. The van der Waals surface area contributed by atoms with Gasteiger partial charge in [-0.3, -0.25) is 0 Å². The van der Waals surface area contributed by atoms with Gasteiger partial charge in [-0.1, -0.05) is 90.9 Å². The predicted molar refractivity (Wildman–Crippen MR) is 120 cm³/mol. The molecule has 0 rings (SSSR count). The number of rotatable bonds is 21. The van der Waals surface area contributed by atoms with E-state index < -0.39 is 0 Å². The highest BCUT2D eigenvalue weighted by atomic mass is 15.1. The first kappa shape index (κ1) is 25.9. The molecule has 0 aliphatic heterocycles. The highest BCUT2D eigenvalue weighted by Crippen LogP contribution is 2.08. The van der Waals surface area contributed by atoms with Gasteiger partial charge in [0.1, 0.15) is 0 Å². The van der Waals surface area contributed by atoms with Crippen LogP contribution in [0, 0.1) is 0 Å². The standard InChI is InChI=1S/C24H52N2/c1-5-7-9-11-13-17-21-25(3)23-19-15-16-20-24-26(4)22-18-14-12-10-8-6-2/h5-24H2,1-4H3. The van der Waals surface area contributed by atoms with Gasteiger partial charge in [0.25, 0.3) is 0 Å². The predicted octanol–water partition coefficient (Wildman–Crippen LogP) is 7.13. The summed E-state index contributed by atoms with van der Waals surface area (Å²) in [5, 5.41) is 0. The van der Waals surface area contributed by atoms with E-state index in [1.807, 2.05) is 0 Å². The van der Waals surface area contributed by atoms with E-state index >= 15 is 0 Å². The van der Waals surface area contributed by atoms with Gasteiger partial charge in [0.15, 0.2) is 0 Å². The van der Waals surface area contributed by atoms with Gasteiger partial charge in [0.2, 0.25) is 0 Å². The zero-order valence-corrected chi connectivity index (χ0v) is 19.0. The minimum atomic E-state index is 1.29. The van der Waals surface area contributed by atoms with Crippen LogP contribution in [0.2, 0.25) is 0 Å². The molecule has 158 valence electrons. The van der Waals surface area contributed by atoms with Gasteiger partial charge >= 0.3 is 0 Å². The molecular weight excluding hydrogens is 316 g/mol. The van der Waals surface area contributed by atoms with Crippen LogP contribution in [-0.2, 0) is 0 Å². The summed E-state index contributed by atoms with van der Waals surface area (Å²) in [6, 6.07) is 0. The molecule has 0 atom stereocenters. The lowest BCUT2D eigenvalue weighted by Crippen LogP contribution is -2.22. The second kappa shape index (κ2) is 21.2. The minimum Gasteiger partial charge on any atom is -0.306 e. The lowest BCUT2D eigenvalue weighted by Gasteiger charge is -2.17. The van der Waals surface area contributed by atoms with Gasteiger partial charge in [-0.25, -0.2) is 0 Å². The number of hydrogen-bond acceptors (Lipinski definition) is 2. The van der Waals surface area contributed by atoms with Crippen molar-refractivity contribution in [3.05, 3.63) is 0 Å². The van der Waals surface area contributed by atoms with Crippen LogP contribution >= 0.6 is 0 Å². The van der Waals surface area contributed by atoms with Gasteiger partial charge in [0, 0.05) is 0 Å². The molecule has 0 spiro atoms. The molecule has 2 heteroatoms. The van der Waals surface area contributed by atoms with Crippen LogP contribution < -0.4 is 0 Å². The van der Waals surface area contributed by atoms with Gasteiger partial charge < -0.3 is 9.80 Å². The van der Waals surface area contributed by atoms with Crippen LogP contribution in [0.25, 0.3) is 0 Å². The second-order valence-corrected chi connectivity index (χ2v) is 8.56. The van der Waals surface area contributed by atoms with E-state index in [1.165, 1.54) is 129 Å². The Balaban J connectivity index is 3.25. The van der Waals surface area contributed by atoms with Crippen molar-refractivity contribution in [2.75, 3.05) is 40.3 Å². The van der Waals surface area contributed by atoms with Gasteiger partial charge in [-0.05, 0) is 66.0 Å². The van der Waals surface area contributed by atoms with Crippen LogP contribution in [0.5, 0.6) is 0 Å². The Morgan fingerprint density at radius 3 is 0.846 bits per heavy atom. The normalized spacial score (nSPS) is 11.8. The summed E-state index contributed by atoms with van der Waals surface area (Å²) in [7, 11) is 4.61. The van der Waals surface area contributed by atoms with Gasteiger partial charge in [0.05, 0.1) is 0 Å². The van der Waals surface area contributed by atoms with Crippen molar-refractivity contribution < 1.29 is 0 Å². The van der Waals surface area contributed by atoms with Crippen LogP contribution in [0.4, 0.5) is 0 Å². The summed E-state index contributed by atoms with van der Waals surface area (Å²) in [6.45, 7) is 9.77. The fraction of sp³-hybridized carbons (Fsp3) is 1.00. The van der Waals surface area contributed by atoms with Crippen molar-refractivity contribution in [1.82, 2.24) is 9.80 Å². The van der Waals surface area contributed by atoms with Crippen molar-refractivity contribution in [3.8, 4) is 0 Å². The topological polar surface area (TPSA) is 6.48 Å². The van der Waals surface area contributed by atoms with Crippen molar-refractivity contribution in [2.45, 2.75) is 117 Å². The first-order valence-corrected chi connectivity index (χ1v) is 12.1. The zero-order chi connectivity index (χ0) is 19.3. The Labute approximate surface area is 167 Å². The van der Waals surface area contributed by atoms with Crippen molar-refractivity contribution >= 4 is 0 Å². The Bertz CT molecular complexity index is 229. The largest absolute Gasteiger partial charge is 0.306 e. The van der Waals surface area contributed by atoms with E-state index in [9.17, 15) is 0 Å². The minimum absolute atomic E-state index is 1.29. The highest BCUT2D eigenvalue weighted by Gasteiger charge is 2.01. The second-order valence-electron chi connectivity index (χ2n) is 8.56. The van der Waals surface area contributed by atoms with Crippen LogP contribution in [-0.4, -0.2) is 50.1 Å². The van der Waals surface area contributed by atoms with E-state index in [2.05, 4.69) is 37.7 Å². The number of unbranched alkanes of at least 4 members (excludes halogenated alkanes) is 13. The quantitative estimate of drug-likeness (QED) is 0.199. The number of hydrogen-bond donors (Lipinski definition) is 0. The summed E-state index contributed by atoms with van der Waals surface area (Å²) in [4.78, 5) is 5.09. The molecule has 0 aromatic carbocycles. The van der Waals surface area contributed by atoms with Crippen LogP contribution in [0.3, 0.4) is 0 Å². The molecule has 26 heavy (non-hydrogen) atoms. The first-order chi connectivity index (χ1) is 12.7. The summed E-state index contributed by atoms with van der Waals surface area (Å²) in [5.41, 5.74) is 0. The van der Waals surface area contributed by atoms with Crippen molar-refractivity contribution in [1.29, 1.82) is 0 Å². The zero-order valence-electron chi connectivity index (χ0n) is 19.0. The molecule has 0 aliphatic carbocycles. The molecule has 0 radical (unpaired) electrons. The third-order valence-electron chi connectivity index (χ3n) is 5.62. The summed E-state index contributed by atoms with van der Waals surface area (Å²) >= 11 is 0. The van der Waals surface area contributed by atoms with E-state index in [-0.39, 0.29) is 0 Å². The Hall–Kier alpha value is -0.0800. The van der Waals surface area contributed by atoms with E-state index in [0.717, 1.165) is 0 Å². The van der Waals surface area contributed by atoms with Crippen LogP contribution in [0.1, 0.15) is 117 Å². The molecule has 0 aliphatic rings. The Morgan fingerprint density at radius 1 is 0.346 bits per heavy atom. The van der Waals surface area contributed by atoms with E-state index in [4.69, 9.17) is 0 Å². The summed E-state index contributed by atoms with van der Waals surface area (Å²) in [6.07, 6.45) is 22.5. The summed E-state index contributed by atoms with van der Waals surface area (Å²) in [5.74, 6) is 0. The molecule has 0 aromatic heterocycles. The van der Waals surface area contributed by atoms with Crippen molar-refractivity contribution in [3.63, 3.8) is 0 Å². The SMILES string of the molecule is CCCCCCCCN(C)CCCCCCN(C)CCCCCCCC. The molecule has 0 N–H and O–H groups in total. The lowest BCUT2D eigenvalue weighted by atomic mass is 10.1. The maximum absolute atomic E-state index is 2.55. The Morgan fingerprint density at radius 2 is 0.577 bits per heavy atom.